The fourth-order valence-corrected chi connectivity index (χ4v) is 3.92. The molecule has 0 aliphatic heterocycles. The number of hydrogen-bond acceptors (Lipinski definition) is 5. The van der Waals surface area contributed by atoms with Crippen molar-refractivity contribution in [3.63, 3.8) is 0 Å². The van der Waals surface area contributed by atoms with E-state index in [1.165, 1.54) is 11.1 Å². The van der Waals surface area contributed by atoms with E-state index in [4.69, 9.17) is 4.52 Å². The molecule has 0 N–H and O–H groups in total. The first kappa shape index (κ1) is 19.5. The third-order valence-electron chi connectivity index (χ3n) is 4.75. The van der Waals surface area contributed by atoms with Crippen LogP contribution in [0.25, 0.3) is 11.4 Å². The highest BCUT2D eigenvalue weighted by molar-refractivity contribution is 7.98. The Bertz CT molecular complexity index is 1050. The lowest BCUT2D eigenvalue weighted by atomic mass is 9.87. The minimum Gasteiger partial charge on any atom is -0.364 e. The molecule has 0 saturated carbocycles. The molecule has 0 unspecified atom stereocenters. The predicted molar refractivity (Wildman–Crippen MR) is 116 cm³/mol. The molecular formula is C23H24N4OS. The third kappa shape index (κ3) is 4.59. The maximum atomic E-state index is 4.94. The summed E-state index contributed by atoms with van der Waals surface area (Å²) in [6, 6.07) is 20.9. The van der Waals surface area contributed by atoms with E-state index in [0.29, 0.717) is 12.3 Å². The van der Waals surface area contributed by atoms with E-state index in [1.807, 2.05) is 12.1 Å². The van der Waals surface area contributed by atoms with Crippen molar-refractivity contribution < 1.29 is 4.52 Å². The normalized spacial score (nSPS) is 11.7. The Morgan fingerprint density at radius 2 is 1.69 bits per heavy atom. The predicted octanol–water partition coefficient (Wildman–Crippen LogP) is 5.57. The lowest BCUT2D eigenvalue weighted by molar-refractivity contribution is 0.414. The molecule has 0 bridgehead atoms. The van der Waals surface area contributed by atoms with Gasteiger partial charge in [-0.2, -0.15) is 0 Å². The molecule has 2 aromatic carbocycles. The molecular weight excluding hydrogens is 380 g/mol. The van der Waals surface area contributed by atoms with Crippen LogP contribution in [0.2, 0.25) is 0 Å². The Morgan fingerprint density at radius 3 is 2.34 bits per heavy atom. The molecule has 4 rings (SSSR count). The topological polar surface area (TPSA) is 56.7 Å². The third-order valence-corrected chi connectivity index (χ3v) is 5.75. The van der Waals surface area contributed by atoms with E-state index in [-0.39, 0.29) is 5.41 Å². The monoisotopic (exact) mass is 404 g/mol. The van der Waals surface area contributed by atoms with Gasteiger partial charge in [0.25, 0.3) is 0 Å². The van der Waals surface area contributed by atoms with Crippen molar-refractivity contribution in [3.05, 3.63) is 83.7 Å². The van der Waals surface area contributed by atoms with Gasteiger partial charge in [0.1, 0.15) is 6.26 Å². The Labute approximate surface area is 175 Å². The highest BCUT2D eigenvalue weighted by Crippen LogP contribution is 2.29. The zero-order valence-corrected chi connectivity index (χ0v) is 17.7. The van der Waals surface area contributed by atoms with Crippen molar-refractivity contribution in [1.82, 2.24) is 19.9 Å². The first-order valence-electron chi connectivity index (χ1n) is 9.61. The van der Waals surface area contributed by atoms with Gasteiger partial charge in [0.15, 0.2) is 11.0 Å². The van der Waals surface area contributed by atoms with Crippen molar-refractivity contribution >= 4 is 11.8 Å². The molecule has 0 amide bonds. The number of hydrogen-bond donors (Lipinski definition) is 0. The van der Waals surface area contributed by atoms with Crippen LogP contribution in [0.15, 0.2) is 76.6 Å². The Hall–Kier alpha value is -2.86. The van der Waals surface area contributed by atoms with Gasteiger partial charge in [-0.15, -0.1) is 10.2 Å². The minimum absolute atomic E-state index is 0.120. The van der Waals surface area contributed by atoms with Crippen LogP contribution >= 0.6 is 11.8 Å². The molecule has 148 valence electrons. The number of aromatic nitrogens is 4. The van der Waals surface area contributed by atoms with E-state index in [9.17, 15) is 0 Å². The van der Waals surface area contributed by atoms with Crippen molar-refractivity contribution in [1.29, 1.82) is 0 Å². The highest BCUT2D eigenvalue weighted by Gasteiger charge is 2.17. The Balaban J connectivity index is 1.67. The van der Waals surface area contributed by atoms with Crippen molar-refractivity contribution in [2.75, 3.05) is 0 Å². The number of thioether (sulfide) groups is 1. The van der Waals surface area contributed by atoms with Gasteiger partial charge in [-0.1, -0.05) is 92.3 Å². The van der Waals surface area contributed by atoms with Crippen LogP contribution < -0.4 is 0 Å². The van der Waals surface area contributed by atoms with Crippen LogP contribution in [0, 0.1) is 0 Å². The maximum Gasteiger partial charge on any atom is 0.192 e. The van der Waals surface area contributed by atoms with E-state index >= 15 is 0 Å². The van der Waals surface area contributed by atoms with Gasteiger partial charge in [0, 0.05) is 17.4 Å². The van der Waals surface area contributed by atoms with Gasteiger partial charge in [-0.05, 0) is 16.5 Å². The highest BCUT2D eigenvalue weighted by atomic mass is 32.2. The van der Waals surface area contributed by atoms with Gasteiger partial charge in [-0.3, -0.25) is 4.57 Å². The van der Waals surface area contributed by atoms with Gasteiger partial charge in [0.2, 0.25) is 0 Å². The largest absolute Gasteiger partial charge is 0.364 e. The molecule has 4 aromatic rings. The summed E-state index contributed by atoms with van der Waals surface area (Å²) in [5.74, 6) is 1.56. The molecule has 0 atom stereocenters. The minimum atomic E-state index is 0.120. The van der Waals surface area contributed by atoms with Gasteiger partial charge < -0.3 is 4.52 Å². The van der Waals surface area contributed by atoms with Crippen LogP contribution in [0.1, 0.15) is 37.6 Å². The van der Waals surface area contributed by atoms with Crippen molar-refractivity contribution in [2.24, 2.45) is 0 Å². The van der Waals surface area contributed by atoms with E-state index < -0.39 is 0 Å². The average Bonchev–Trinajstić information content (AvgIpc) is 3.37. The summed E-state index contributed by atoms with van der Waals surface area (Å²) in [5.41, 5.74) is 4.59. The summed E-state index contributed by atoms with van der Waals surface area (Å²) in [6.07, 6.45) is 1.59. The summed E-state index contributed by atoms with van der Waals surface area (Å²) in [4.78, 5) is 0. The molecule has 0 aliphatic carbocycles. The lowest BCUT2D eigenvalue weighted by Crippen LogP contribution is -2.10. The van der Waals surface area contributed by atoms with Crippen LogP contribution in [0.4, 0.5) is 0 Å². The summed E-state index contributed by atoms with van der Waals surface area (Å²) in [5, 5.41) is 13.9. The SMILES string of the molecule is CC(C)(C)c1ccc(-c2nnc(SCc3ccon3)n2Cc2ccccc2)cc1. The van der Waals surface area contributed by atoms with Crippen LogP contribution in [0.3, 0.4) is 0 Å². The second kappa shape index (κ2) is 8.25. The molecule has 2 heterocycles. The standard InChI is InChI=1S/C23H24N4OS/c1-23(2,3)19-11-9-18(10-12-19)21-24-25-22(29-16-20-13-14-28-26-20)27(21)15-17-7-5-4-6-8-17/h4-14H,15-16H2,1-3H3. The number of benzene rings is 2. The Morgan fingerprint density at radius 1 is 0.931 bits per heavy atom. The molecule has 0 spiro atoms. The molecule has 29 heavy (non-hydrogen) atoms. The summed E-state index contributed by atoms with van der Waals surface area (Å²) >= 11 is 1.61. The zero-order chi connectivity index (χ0) is 20.3. The van der Waals surface area contributed by atoms with Crippen molar-refractivity contribution in [2.45, 2.75) is 43.6 Å². The van der Waals surface area contributed by atoms with Crippen LogP contribution in [0.5, 0.6) is 0 Å². The molecule has 0 radical (unpaired) electrons. The van der Waals surface area contributed by atoms with Gasteiger partial charge in [0.05, 0.1) is 12.2 Å². The summed E-state index contributed by atoms with van der Waals surface area (Å²) in [6.45, 7) is 7.38. The average molecular weight is 405 g/mol. The number of nitrogens with zero attached hydrogens (tertiary/aromatic N) is 4. The fourth-order valence-electron chi connectivity index (χ4n) is 3.09. The number of rotatable bonds is 6. The van der Waals surface area contributed by atoms with Crippen LogP contribution in [-0.4, -0.2) is 19.9 Å². The first-order valence-corrected chi connectivity index (χ1v) is 10.6. The fraction of sp³-hybridized carbons (Fsp3) is 0.261. The zero-order valence-electron chi connectivity index (χ0n) is 16.9. The Kier molecular flexibility index (Phi) is 5.53. The summed E-state index contributed by atoms with van der Waals surface area (Å²) < 4.78 is 7.11. The lowest BCUT2D eigenvalue weighted by Gasteiger charge is -2.19. The molecule has 0 fully saturated rings. The second-order valence-electron chi connectivity index (χ2n) is 7.98. The summed E-state index contributed by atoms with van der Waals surface area (Å²) in [7, 11) is 0. The van der Waals surface area contributed by atoms with Gasteiger partial charge in [-0.25, -0.2) is 0 Å². The molecule has 5 nitrogen and oxygen atoms in total. The van der Waals surface area contributed by atoms with E-state index in [0.717, 1.165) is 22.2 Å². The molecule has 6 heteroatoms. The second-order valence-corrected chi connectivity index (χ2v) is 8.93. The molecule has 0 saturated heterocycles. The van der Waals surface area contributed by atoms with E-state index in [1.54, 1.807) is 18.0 Å². The van der Waals surface area contributed by atoms with Crippen molar-refractivity contribution in [3.8, 4) is 11.4 Å². The van der Waals surface area contributed by atoms with Crippen LogP contribution in [-0.2, 0) is 17.7 Å². The smallest absolute Gasteiger partial charge is 0.192 e. The quantitative estimate of drug-likeness (QED) is 0.393. The molecule has 0 aliphatic rings. The van der Waals surface area contributed by atoms with E-state index in [2.05, 4.69) is 89.2 Å². The first-order chi connectivity index (χ1) is 14.0. The van der Waals surface area contributed by atoms with Gasteiger partial charge >= 0.3 is 0 Å². The molecule has 2 aromatic heterocycles. The maximum absolute atomic E-state index is 4.94.